The van der Waals surface area contributed by atoms with Crippen LogP contribution in [0.3, 0.4) is 0 Å². The smallest absolute Gasteiger partial charge is 0.308 e. The summed E-state index contributed by atoms with van der Waals surface area (Å²) >= 11 is 0. The second-order valence-electron chi connectivity index (χ2n) is 11.7. The predicted octanol–water partition coefficient (Wildman–Crippen LogP) is 1.50. The zero-order valence-electron chi connectivity index (χ0n) is 24.9. The normalized spacial score (nSPS) is 22.0. The van der Waals surface area contributed by atoms with E-state index in [1.807, 2.05) is 23.9 Å². The van der Waals surface area contributed by atoms with Gasteiger partial charge in [0.15, 0.2) is 11.5 Å². The number of imide groups is 1. The van der Waals surface area contributed by atoms with Gasteiger partial charge in [0.2, 0.25) is 24.5 Å². The van der Waals surface area contributed by atoms with Crippen LogP contribution >= 0.6 is 0 Å². The van der Waals surface area contributed by atoms with E-state index in [1.54, 1.807) is 12.1 Å². The van der Waals surface area contributed by atoms with Crippen molar-refractivity contribution in [3.05, 3.63) is 23.3 Å². The molecule has 2 saturated heterocycles. The van der Waals surface area contributed by atoms with Gasteiger partial charge in [-0.15, -0.1) is 0 Å². The van der Waals surface area contributed by atoms with E-state index in [-0.39, 0.29) is 63.5 Å². The summed E-state index contributed by atoms with van der Waals surface area (Å²) in [5, 5.41) is 20.5. The number of hydrogen-bond acceptors (Lipinski definition) is 9. The van der Waals surface area contributed by atoms with Crippen LogP contribution in [0.25, 0.3) is 0 Å². The first-order chi connectivity index (χ1) is 20.1. The zero-order chi connectivity index (χ0) is 30.4. The van der Waals surface area contributed by atoms with Gasteiger partial charge in [-0.25, -0.2) is 0 Å². The number of likely N-dealkylation sites (tertiary alicyclic amines) is 2. The number of fused-ring (bicyclic) bond motifs is 1. The summed E-state index contributed by atoms with van der Waals surface area (Å²) in [6, 6.07) is 2.92. The molecule has 0 unspecified atom stereocenters. The van der Waals surface area contributed by atoms with Gasteiger partial charge in [-0.2, -0.15) is 0 Å². The highest BCUT2D eigenvalue weighted by molar-refractivity contribution is 6.01. The van der Waals surface area contributed by atoms with Crippen LogP contribution in [0.4, 0.5) is 0 Å². The maximum Gasteiger partial charge on any atom is 0.308 e. The molecule has 232 valence electrons. The van der Waals surface area contributed by atoms with Gasteiger partial charge in [0.05, 0.1) is 19.1 Å². The Bertz CT molecular complexity index is 1140. The number of carboxylic acids is 1. The van der Waals surface area contributed by atoms with Crippen molar-refractivity contribution < 1.29 is 38.9 Å². The molecule has 0 aromatic heterocycles. The second-order valence-corrected chi connectivity index (χ2v) is 11.7. The predicted molar refractivity (Wildman–Crippen MR) is 153 cm³/mol. The molecule has 12 nitrogen and oxygen atoms in total. The van der Waals surface area contributed by atoms with Gasteiger partial charge in [-0.3, -0.25) is 29.0 Å². The third-order valence-electron chi connectivity index (χ3n) is 8.51. The Balaban J connectivity index is 1.61. The Hall–Kier alpha value is -3.22. The Morgan fingerprint density at radius 1 is 1.05 bits per heavy atom. The number of carboxylic acid groups (broad SMARTS) is 1. The lowest BCUT2D eigenvalue weighted by Crippen LogP contribution is -2.46. The van der Waals surface area contributed by atoms with Crippen LogP contribution in [0, 0.1) is 5.92 Å². The average molecular weight is 589 g/mol. The number of carbonyl (C=O) groups excluding carboxylic acids is 3. The molecule has 42 heavy (non-hydrogen) atoms. The van der Waals surface area contributed by atoms with Gasteiger partial charge in [-0.05, 0) is 57.6 Å². The number of aliphatic hydroxyl groups is 1. The van der Waals surface area contributed by atoms with Crippen molar-refractivity contribution in [3.63, 3.8) is 0 Å². The van der Waals surface area contributed by atoms with Crippen molar-refractivity contribution in [1.82, 2.24) is 19.6 Å². The molecule has 12 heteroatoms. The van der Waals surface area contributed by atoms with Crippen molar-refractivity contribution >= 4 is 23.7 Å². The molecule has 1 aromatic rings. The van der Waals surface area contributed by atoms with Gasteiger partial charge in [0.25, 0.3) is 0 Å². The fourth-order valence-corrected chi connectivity index (χ4v) is 6.32. The van der Waals surface area contributed by atoms with Crippen molar-refractivity contribution in [2.24, 2.45) is 5.92 Å². The molecule has 1 aromatic carbocycles. The molecular weight excluding hydrogens is 544 g/mol. The van der Waals surface area contributed by atoms with Crippen LogP contribution in [0.2, 0.25) is 0 Å². The Morgan fingerprint density at radius 2 is 1.76 bits per heavy atom. The van der Waals surface area contributed by atoms with E-state index < -0.39 is 23.8 Å². The van der Waals surface area contributed by atoms with Gasteiger partial charge in [-0.1, -0.05) is 13.3 Å². The van der Waals surface area contributed by atoms with E-state index in [1.165, 1.54) is 4.90 Å². The van der Waals surface area contributed by atoms with E-state index in [0.717, 1.165) is 25.8 Å². The second kappa shape index (κ2) is 14.3. The number of aliphatic carboxylic acids is 1. The van der Waals surface area contributed by atoms with Crippen LogP contribution in [-0.2, 0) is 25.8 Å². The molecule has 0 radical (unpaired) electrons. The lowest BCUT2D eigenvalue weighted by atomic mass is 9.83. The van der Waals surface area contributed by atoms with Crippen LogP contribution in [0.15, 0.2) is 12.1 Å². The molecule has 3 amide bonds. The number of amides is 3. The van der Waals surface area contributed by atoms with Crippen LogP contribution in [0.1, 0.15) is 62.5 Å². The van der Waals surface area contributed by atoms with E-state index >= 15 is 0 Å². The summed E-state index contributed by atoms with van der Waals surface area (Å²) in [6.45, 7) is 4.32. The summed E-state index contributed by atoms with van der Waals surface area (Å²) in [6.07, 6.45) is 3.21. The standard InChI is InChI=1S/C30H44N4O8/c1-4-5-11-32(12-6-10-31(2)3)27(38)17-33-16-22(20-14-21(18-35)29-24(15-20)41-19-42-29)28(30(39)40)23(33)9-13-34-25(36)7-8-26(34)37/h14-15,22-23,28,35H,4-13,16-19H2,1-3H3,(H,39,40)/t22-,23+,28-/m1/s1. The largest absolute Gasteiger partial charge is 0.481 e. The molecule has 0 spiro atoms. The van der Waals surface area contributed by atoms with E-state index in [4.69, 9.17) is 9.47 Å². The molecular formula is C30H44N4O8. The summed E-state index contributed by atoms with van der Waals surface area (Å²) in [5.41, 5.74) is 1.19. The zero-order valence-corrected chi connectivity index (χ0v) is 24.9. The first-order valence-electron chi connectivity index (χ1n) is 14.9. The number of rotatable bonds is 15. The van der Waals surface area contributed by atoms with Crippen LogP contribution in [0.5, 0.6) is 11.5 Å². The minimum Gasteiger partial charge on any atom is -0.481 e. The molecule has 0 aliphatic carbocycles. The third kappa shape index (κ3) is 7.22. The molecule has 3 aliphatic rings. The van der Waals surface area contributed by atoms with Crippen molar-refractivity contribution in [2.45, 2.75) is 64.0 Å². The summed E-state index contributed by atoms with van der Waals surface area (Å²) < 4.78 is 11.1. The molecule has 4 rings (SSSR count). The molecule has 3 heterocycles. The number of ether oxygens (including phenoxy) is 2. The molecule has 0 saturated carbocycles. The van der Waals surface area contributed by atoms with E-state index in [0.29, 0.717) is 42.3 Å². The third-order valence-corrected chi connectivity index (χ3v) is 8.51. The molecule has 2 fully saturated rings. The quantitative estimate of drug-likeness (QED) is 0.290. The Labute approximate surface area is 247 Å². The number of aliphatic hydroxyl groups excluding tert-OH is 1. The molecule has 0 bridgehead atoms. The maximum atomic E-state index is 13.7. The highest BCUT2D eigenvalue weighted by atomic mass is 16.7. The Kier molecular flexibility index (Phi) is 10.8. The summed E-state index contributed by atoms with van der Waals surface area (Å²) in [4.78, 5) is 58.3. The van der Waals surface area contributed by atoms with Crippen molar-refractivity contribution in [3.8, 4) is 11.5 Å². The minimum atomic E-state index is -1.02. The number of benzene rings is 1. The van der Waals surface area contributed by atoms with Gasteiger partial charge < -0.3 is 29.5 Å². The highest BCUT2D eigenvalue weighted by Crippen LogP contribution is 2.44. The summed E-state index contributed by atoms with van der Waals surface area (Å²) in [5.74, 6) is -2.10. The van der Waals surface area contributed by atoms with Gasteiger partial charge in [0, 0.05) is 56.5 Å². The monoisotopic (exact) mass is 588 g/mol. The molecule has 2 N–H and O–H groups in total. The maximum absolute atomic E-state index is 13.7. The fourth-order valence-electron chi connectivity index (χ4n) is 6.32. The molecule has 3 aliphatic heterocycles. The van der Waals surface area contributed by atoms with Crippen LogP contribution < -0.4 is 9.47 Å². The fraction of sp³-hybridized carbons (Fsp3) is 0.667. The van der Waals surface area contributed by atoms with E-state index in [2.05, 4.69) is 11.8 Å². The molecule has 3 atom stereocenters. The van der Waals surface area contributed by atoms with Crippen molar-refractivity contribution in [1.29, 1.82) is 0 Å². The topological polar surface area (TPSA) is 140 Å². The van der Waals surface area contributed by atoms with Crippen molar-refractivity contribution in [2.75, 3.05) is 60.2 Å². The lowest BCUT2D eigenvalue weighted by Gasteiger charge is -2.30. The first-order valence-corrected chi connectivity index (χ1v) is 14.9. The lowest BCUT2D eigenvalue weighted by molar-refractivity contribution is -0.144. The minimum absolute atomic E-state index is 0.0153. The SMILES string of the molecule is CCCCN(CCCN(C)C)C(=O)CN1C[C@H](c2cc(CO)c3c(c2)OCO3)[C@@H](C(=O)O)[C@@H]1CCN1C(=O)CCC1=O. The van der Waals surface area contributed by atoms with Gasteiger partial charge in [0.1, 0.15) is 0 Å². The number of nitrogens with zero attached hydrogens (tertiary/aromatic N) is 4. The summed E-state index contributed by atoms with van der Waals surface area (Å²) in [7, 11) is 3.99. The average Bonchev–Trinajstić information content (AvgIpc) is 3.65. The highest BCUT2D eigenvalue weighted by Gasteiger charge is 2.48. The van der Waals surface area contributed by atoms with Gasteiger partial charge >= 0.3 is 5.97 Å². The first kappa shape index (κ1) is 31.7. The van der Waals surface area contributed by atoms with Crippen LogP contribution in [-0.4, -0.2) is 120 Å². The Morgan fingerprint density at radius 3 is 2.40 bits per heavy atom. The number of hydrogen-bond donors (Lipinski definition) is 2. The number of carbonyl (C=O) groups is 4. The number of unbranched alkanes of at least 4 members (excludes halogenated alkanes) is 1. The van der Waals surface area contributed by atoms with E-state index in [9.17, 15) is 29.4 Å².